The third-order valence-corrected chi connectivity index (χ3v) is 3.47. The SMILES string of the molecule is COc1ccc(C(C)(C)C)cc1NC(CN)C(C)C. The van der Waals surface area contributed by atoms with E-state index in [1.807, 2.05) is 6.07 Å². The van der Waals surface area contributed by atoms with E-state index in [0.29, 0.717) is 12.5 Å². The Morgan fingerprint density at radius 1 is 1.26 bits per heavy atom. The average Bonchev–Trinajstić information content (AvgIpc) is 2.34. The predicted molar refractivity (Wildman–Crippen MR) is 83.0 cm³/mol. The maximum absolute atomic E-state index is 5.83. The summed E-state index contributed by atoms with van der Waals surface area (Å²) in [5.74, 6) is 1.35. The van der Waals surface area contributed by atoms with Crippen molar-refractivity contribution in [2.24, 2.45) is 11.7 Å². The van der Waals surface area contributed by atoms with Crippen LogP contribution in [0.5, 0.6) is 5.75 Å². The molecule has 0 aromatic heterocycles. The summed E-state index contributed by atoms with van der Waals surface area (Å²) < 4.78 is 5.43. The second kappa shape index (κ2) is 6.29. The van der Waals surface area contributed by atoms with Crippen molar-refractivity contribution in [2.45, 2.75) is 46.1 Å². The Morgan fingerprint density at radius 2 is 1.89 bits per heavy atom. The molecule has 1 rings (SSSR count). The molecule has 0 spiro atoms. The van der Waals surface area contributed by atoms with Crippen LogP contribution in [0, 0.1) is 5.92 Å². The van der Waals surface area contributed by atoms with Gasteiger partial charge >= 0.3 is 0 Å². The number of methoxy groups -OCH3 is 1. The fourth-order valence-electron chi connectivity index (χ4n) is 1.98. The summed E-state index contributed by atoms with van der Waals surface area (Å²) in [6.07, 6.45) is 0. The summed E-state index contributed by atoms with van der Waals surface area (Å²) in [7, 11) is 1.70. The molecule has 0 aliphatic carbocycles. The molecule has 1 aromatic carbocycles. The lowest BCUT2D eigenvalue weighted by Gasteiger charge is -2.26. The van der Waals surface area contributed by atoms with E-state index in [0.717, 1.165) is 11.4 Å². The van der Waals surface area contributed by atoms with Gasteiger partial charge in [0.05, 0.1) is 12.8 Å². The summed E-state index contributed by atoms with van der Waals surface area (Å²) in [5, 5.41) is 3.51. The van der Waals surface area contributed by atoms with Gasteiger partial charge in [-0.25, -0.2) is 0 Å². The van der Waals surface area contributed by atoms with Crippen molar-refractivity contribution in [2.75, 3.05) is 19.0 Å². The maximum Gasteiger partial charge on any atom is 0.141 e. The molecule has 19 heavy (non-hydrogen) atoms. The van der Waals surface area contributed by atoms with E-state index in [1.54, 1.807) is 7.11 Å². The Labute approximate surface area is 117 Å². The summed E-state index contributed by atoms with van der Waals surface area (Å²) in [4.78, 5) is 0. The van der Waals surface area contributed by atoms with Crippen molar-refractivity contribution in [1.82, 2.24) is 0 Å². The molecule has 1 atom stereocenters. The molecule has 1 unspecified atom stereocenters. The third-order valence-electron chi connectivity index (χ3n) is 3.47. The summed E-state index contributed by atoms with van der Waals surface area (Å²) >= 11 is 0. The molecule has 0 saturated carbocycles. The number of hydrogen-bond acceptors (Lipinski definition) is 3. The largest absolute Gasteiger partial charge is 0.495 e. The lowest BCUT2D eigenvalue weighted by molar-refractivity contribution is 0.414. The van der Waals surface area contributed by atoms with Crippen LogP contribution in [0.1, 0.15) is 40.2 Å². The molecule has 0 aliphatic rings. The predicted octanol–water partition coefficient (Wildman–Crippen LogP) is 3.39. The summed E-state index contributed by atoms with van der Waals surface area (Å²) in [5.41, 5.74) is 8.27. The van der Waals surface area contributed by atoms with Crippen LogP contribution < -0.4 is 15.8 Å². The quantitative estimate of drug-likeness (QED) is 0.857. The Balaban J connectivity index is 3.09. The fraction of sp³-hybridized carbons (Fsp3) is 0.625. The molecule has 0 aliphatic heterocycles. The van der Waals surface area contributed by atoms with Crippen LogP contribution >= 0.6 is 0 Å². The van der Waals surface area contributed by atoms with Gasteiger partial charge in [-0.1, -0.05) is 40.7 Å². The highest BCUT2D eigenvalue weighted by Crippen LogP contribution is 2.32. The molecule has 0 saturated heterocycles. The van der Waals surface area contributed by atoms with E-state index in [1.165, 1.54) is 5.56 Å². The maximum atomic E-state index is 5.83. The van der Waals surface area contributed by atoms with Gasteiger partial charge in [0.1, 0.15) is 5.75 Å². The minimum absolute atomic E-state index is 0.124. The Hall–Kier alpha value is -1.22. The van der Waals surface area contributed by atoms with Crippen molar-refractivity contribution < 1.29 is 4.74 Å². The first kappa shape index (κ1) is 15.8. The fourth-order valence-corrected chi connectivity index (χ4v) is 1.98. The van der Waals surface area contributed by atoms with Crippen LogP contribution in [0.4, 0.5) is 5.69 Å². The van der Waals surface area contributed by atoms with Gasteiger partial charge < -0.3 is 15.8 Å². The van der Waals surface area contributed by atoms with E-state index in [2.05, 4.69) is 52.1 Å². The topological polar surface area (TPSA) is 47.3 Å². The van der Waals surface area contributed by atoms with Crippen molar-refractivity contribution in [3.05, 3.63) is 23.8 Å². The van der Waals surface area contributed by atoms with Crippen LogP contribution in [0.15, 0.2) is 18.2 Å². The van der Waals surface area contributed by atoms with Crippen LogP contribution in [0.2, 0.25) is 0 Å². The number of rotatable bonds is 5. The first-order valence-electron chi connectivity index (χ1n) is 6.94. The highest BCUT2D eigenvalue weighted by molar-refractivity contribution is 5.59. The van der Waals surface area contributed by atoms with Gasteiger partial charge in [-0.3, -0.25) is 0 Å². The molecule has 0 bridgehead atoms. The number of ether oxygens (including phenoxy) is 1. The van der Waals surface area contributed by atoms with E-state index >= 15 is 0 Å². The molecular formula is C16H28N2O. The zero-order valence-electron chi connectivity index (χ0n) is 13.1. The molecule has 3 nitrogen and oxygen atoms in total. The molecule has 108 valence electrons. The second-order valence-electron chi connectivity index (χ2n) is 6.40. The summed E-state index contributed by atoms with van der Waals surface area (Å²) in [6.45, 7) is 11.6. The van der Waals surface area contributed by atoms with E-state index in [4.69, 9.17) is 10.5 Å². The van der Waals surface area contributed by atoms with E-state index in [9.17, 15) is 0 Å². The van der Waals surface area contributed by atoms with E-state index < -0.39 is 0 Å². The van der Waals surface area contributed by atoms with Crippen LogP contribution in [-0.2, 0) is 5.41 Å². The van der Waals surface area contributed by atoms with Gasteiger partial charge in [0.25, 0.3) is 0 Å². The molecule has 1 aromatic rings. The second-order valence-corrected chi connectivity index (χ2v) is 6.40. The minimum atomic E-state index is 0.124. The molecule has 3 N–H and O–H groups in total. The molecule has 0 amide bonds. The normalized spacial score (nSPS) is 13.5. The van der Waals surface area contributed by atoms with Crippen LogP contribution in [0.3, 0.4) is 0 Å². The van der Waals surface area contributed by atoms with Gasteiger partial charge in [0.2, 0.25) is 0 Å². The lowest BCUT2D eigenvalue weighted by atomic mass is 9.86. The first-order valence-corrected chi connectivity index (χ1v) is 6.94. The molecule has 0 heterocycles. The van der Waals surface area contributed by atoms with Gasteiger partial charge in [0, 0.05) is 12.6 Å². The highest BCUT2D eigenvalue weighted by Gasteiger charge is 2.18. The van der Waals surface area contributed by atoms with Gasteiger partial charge in [-0.2, -0.15) is 0 Å². The van der Waals surface area contributed by atoms with Gasteiger partial charge in [-0.15, -0.1) is 0 Å². The number of anilines is 1. The number of nitrogens with two attached hydrogens (primary N) is 1. The molecule has 0 fully saturated rings. The molecular weight excluding hydrogens is 236 g/mol. The van der Waals surface area contributed by atoms with E-state index in [-0.39, 0.29) is 11.5 Å². The Morgan fingerprint density at radius 3 is 2.32 bits per heavy atom. The first-order chi connectivity index (χ1) is 8.79. The molecule has 0 radical (unpaired) electrons. The average molecular weight is 264 g/mol. The van der Waals surface area contributed by atoms with Crippen molar-refractivity contribution in [3.63, 3.8) is 0 Å². The number of hydrogen-bond donors (Lipinski definition) is 2. The minimum Gasteiger partial charge on any atom is -0.495 e. The van der Waals surface area contributed by atoms with Gasteiger partial charge in [-0.05, 0) is 29.0 Å². The zero-order chi connectivity index (χ0) is 14.6. The summed E-state index contributed by atoms with van der Waals surface area (Å²) in [6, 6.07) is 6.57. The lowest BCUT2D eigenvalue weighted by Crippen LogP contribution is -2.33. The molecule has 3 heteroatoms. The van der Waals surface area contributed by atoms with Gasteiger partial charge in [0.15, 0.2) is 0 Å². The number of nitrogens with one attached hydrogen (secondary N) is 1. The Bertz CT molecular complexity index is 408. The van der Waals surface area contributed by atoms with Crippen molar-refractivity contribution in [1.29, 1.82) is 0 Å². The Kier molecular flexibility index (Phi) is 5.24. The smallest absolute Gasteiger partial charge is 0.141 e. The van der Waals surface area contributed by atoms with Crippen molar-refractivity contribution in [3.8, 4) is 5.75 Å². The van der Waals surface area contributed by atoms with Crippen LogP contribution in [-0.4, -0.2) is 19.7 Å². The monoisotopic (exact) mass is 264 g/mol. The highest BCUT2D eigenvalue weighted by atomic mass is 16.5. The third kappa shape index (κ3) is 4.13. The van der Waals surface area contributed by atoms with Crippen molar-refractivity contribution >= 4 is 5.69 Å². The number of benzene rings is 1. The standard InChI is InChI=1S/C16H28N2O/c1-11(2)14(10-17)18-13-9-12(16(3,4)5)7-8-15(13)19-6/h7-9,11,14,18H,10,17H2,1-6H3. The zero-order valence-corrected chi connectivity index (χ0v) is 13.1. The van der Waals surface area contributed by atoms with Crippen LogP contribution in [0.25, 0.3) is 0 Å².